The largest absolute Gasteiger partial charge is 0.367 e. The molecule has 2 aliphatic rings. The standard InChI is InChI=1S/C30H31Cl2N5O/c31-25-14-23(15-26(32)16-25)19-34-27-17-29(37(21-27)20-22-6-2-1-3-7-22)30(38)36-12-10-35(11-13-36)28-9-5-4-8-24(28)18-33/h1-9,14-16,27,29,34H,10-13,17,19-21H2/t27-,29-/m0/s1. The molecule has 38 heavy (non-hydrogen) atoms. The first kappa shape index (κ1) is 26.5. The fourth-order valence-corrected chi connectivity index (χ4v) is 6.07. The fourth-order valence-electron chi connectivity index (χ4n) is 5.50. The topological polar surface area (TPSA) is 62.6 Å². The van der Waals surface area contributed by atoms with Crippen LogP contribution in [-0.2, 0) is 17.9 Å². The van der Waals surface area contributed by atoms with Gasteiger partial charge in [-0.1, -0.05) is 65.7 Å². The minimum absolute atomic E-state index is 0.175. The van der Waals surface area contributed by atoms with E-state index in [9.17, 15) is 10.1 Å². The number of halogens is 2. The molecule has 0 saturated carbocycles. The number of para-hydroxylation sites is 1. The first-order valence-electron chi connectivity index (χ1n) is 13.0. The first-order valence-corrected chi connectivity index (χ1v) is 13.7. The molecule has 6 nitrogen and oxygen atoms in total. The lowest BCUT2D eigenvalue weighted by Crippen LogP contribution is -2.53. The van der Waals surface area contributed by atoms with Gasteiger partial charge in [0.25, 0.3) is 0 Å². The van der Waals surface area contributed by atoms with Gasteiger partial charge in [0.05, 0.1) is 17.3 Å². The lowest BCUT2D eigenvalue weighted by Gasteiger charge is -2.38. The van der Waals surface area contributed by atoms with Crippen molar-refractivity contribution in [2.75, 3.05) is 37.6 Å². The van der Waals surface area contributed by atoms with E-state index in [1.807, 2.05) is 59.5 Å². The fraction of sp³-hybridized carbons (Fsp3) is 0.333. The summed E-state index contributed by atoms with van der Waals surface area (Å²) in [5, 5.41) is 14.4. The minimum Gasteiger partial charge on any atom is -0.367 e. The van der Waals surface area contributed by atoms with E-state index >= 15 is 0 Å². The number of nitrogens with one attached hydrogen (secondary N) is 1. The molecule has 0 bridgehead atoms. The number of hydrogen-bond donors (Lipinski definition) is 1. The molecule has 2 aliphatic heterocycles. The molecule has 2 saturated heterocycles. The van der Waals surface area contributed by atoms with Crippen molar-refractivity contribution in [2.24, 2.45) is 0 Å². The summed E-state index contributed by atoms with van der Waals surface area (Å²) in [4.78, 5) is 20.3. The Balaban J connectivity index is 1.25. The van der Waals surface area contributed by atoms with Crippen molar-refractivity contribution in [2.45, 2.75) is 31.6 Å². The summed E-state index contributed by atoms with van der Waals surface area (Å²) in [6.45, 7) is 4.88. The molecule has 1 N–H and O–H groups in total. The maximum Gasteiger partial charge on any atom is 0.240 e. The van der Waals surface area contributed by atoms with Crippen LogP contribution in [0.4, 0.5) is 5.69 Å². The van der Waals surface area contributed by atoms with Crippen molar-refractivity contribution in [1.82, 2.24) is 15.1 Å². The van der Waals surface area contributed by atoms with E-state index in [1.54, 1.807) is 6.07 Å². The number of piperazine rings is 1. The predicted molar refractivity (Wildman–Crippen MR) is 152 cm³/mol. The third-order valence-corrected chi connectivity index (χ3v) is 7.83. The average molecular weight is 549 g/mol. The van der Waals surface area contributed by atoms with Crippen molar-refractivity contribution in [3.63, 3.8) is 0 Å². The monoisotopic (exact) mass is 547 g/mol. The van der Waals surface area contributed by atoms with Crippen LogP contribution in [0.3, 0.4) is 0 Å². The van der Waals surface area contributed by atoms with Crippen LogP contribution in [-0.4, -0.2) is 60.5 Å². The number of nitriles is 1. The second kappa shape index (κ2) is 12.2. The molecule has 2 fully saturated rings. The number of benzene rings is 3. The summed E-state index contributed by atoms with van der Waals surface area (Å²) in [6.07, 6.45) is 0.747. The Morgan fingerprint density at radius 1 is 0.921 bits per heavy atom. The van der Waals surface area contributed by atoms with E-state index < -0.39 is 0 Å². The summed E-state index contributed by atoms with van der Waals surface area (Å²) in [5.41, 5.74) is 3.84. The normalized spacial score (nSPS) is 19.9. The van der Waals surface area contributed by atoms with E-state index in [0.717, 1.165) is 30.8 Å². The van der Waals surface area contributed by atoms with Crippen molar-refractivity contribution in [3.05, 3.63) is 99.5 Å². The highest BCUT2D eigenvalue weighted by atomic mass is 35.5. The van der Waals surface area contributed by atoms with Crippen LogP contribution in [0.15, 0.2) is 72.8 Å². The zero-order valence-corrected chi connectivity index (χ0v) is 22.7. The first-order chi connectivity index (χ1) is 18.5. The molecule has 2 atom stereocenters. The highest BCUT2D eigenvalue weighted by Gasteiger charge is 2.39. The van der Waals surface area contributed by atoms with Gasteiger partial charge in [0.2, 0.25) is 5.91 Å². The van der Waals surface area contributed by atoms with Gasteiger partial charge >= 0.3 is 0 Å². The molecule has 5 rings (SSSR count). The van der Waals surface area contributed by atoms with Crippen molar-refractivity contribution >= 4 is 34.8 Å². The highest BCUT2D eigenvalue weighted by Crippen LogP contribution is 2.26. The summed E-state index contributed by atoms with van der Waals surface area (Å²) >= 11 is 12.4. The number of hydrogen-bond acceptors (Lipinski definition) is 5. The van der Waals surface area contributed by atoms with Crippen molar-refractivity contribution < 1.29 is 4.79 Å². The molecule has 0 radical (unpaired) electrons. The second-order valence-corrected chi connectivity index (χ2v) is 10.8. The van der Waals surface area contributed by atoms with Crippen LogP contribution in [0.5, 0.6) is 0 Å². The molecule has 3 aromatic rings. The van der Waals surface area contributed by atoms with Gasteiger partial charge in [0, 0.05) is 61.9 Å². The molecular weight excluding hydrogens is 517 g/mol. The summed E-state index contributed by atoms with van der Waals surface area (Å²) in [5.74, 6) is 0.184. The molecular formula is C30H31Cl2N5O. The predicted octanol–water partition coefficient (Wildman–Crippen LogP) is 4.95. The maximum atomic E-state index is 13.8. The van der Waals surface area contributed by atoms with Crippen LogP contribution < -0.4 is 10.2 Å². The molecule has 8 heteroatoms. The number of anilines is 1. The second-order valence-electron chi connectivity index (χ2n) is 9.96. The maximum absolute atomic E-state index is 13.8. The lowest BCUT2D eigenvalue weighted by atomic mass is 10.1. The SMILES string of the molecule is N#Cc1ccccc1N1CCN(C(=O)[C@@H]2C[C@H](NCc3cc(Cl)cc(Cl)c3)CN2Cc2ccccc2)CC1. The number of rotatable bonds is 7. The van der Waals surface area contributed by atoms with Crippen molar-refractivity contribution in [3.8, 4) is 6.07 Å². The molecule has 1 amide bonds. The average Bonchev–Trinajstić information content (AvgIpc) is 3.34. The quantitative estimate of drug-likeness (QED) is 0.453. The van der Waals surface area contributed by atoms with E-state index in [-0.39, 0.29) is 18.0 Å². The molecule has 0 spiro atoms. The summed E-state index contributed by atoms with van der Waals surface area (Å²) in [6, 6.07) is 25.8. The molecule has 196 valence electrons. The highest BCUT2D eigenvalue weighted by molar-refractivity contribution is 6.34. The van der Waals surface area contributed by atoms with Crippen LogP contribution >= 0.6 is 23.2 Å². The number of likely N-dealkylation sites (tertiary alicyclic amines) is 1. The van der Waals surface area contributed by atoms with Gasteiger partial charge in [-0.05, 0) is 47.9 Å². The number of nitrogens with zero attached hydrogens (tertiary/aromatic N) is 4. The van der Waals surface area contributed by atoms with Gasteiger partial charge in [0.1, 0.15) is 6.07 Å². The van der Waals surface area contributed by atoms with Gasteiger partial charge < -0.3 is 15.1 Å². The Kier molecular flexibility index (Phi) is 8.51. The van der Waals surface area contributed by atoms with Crippen molar-refractivity contribution in [1.29, 1.82) is 5.26 Å². The third-order valence-electron chi connectivity index (χ3n) is 7.39. The Morgan fingerprint density at radius 2 is 1.61 bits per heavy atom. The van der Waals surface area contributed by atoms with Gasteiger partial charge in [-0.25, -0.2) is 0 Å². The Hall–Kier alpha value is -3.08. The molecule has 0 aliphatic carbocycles. The Labute approximate surface area is 234 Å². The van der Waals surface area contributed by atoms with E-state index in [1.165, 1.54) is 5.56 Å². The van der Waals surface area contributed by atoms with E-state index in [2.05, 4.69) is 33.3 Å². The number of carbonyl (C=O) groups excluding carboxylic acids is 1. The lowest BCUT2D eigenvalue weighted by molar-refractivity contribution is -0.136. The van der Waals surface area contributed by atoms with E-state index in [0.29, 0.717) is 48.3 Å². The summed E-state index contributed by atoms with van der Waals surface area (Å²) < 4.78 is 0. The van der Waals surface area contributed by atoms with Gasteiger partial charge in [-0.2, -0.15) is 5.26 Å². The third kappa shape index (κ3) is 6.31. The van der Waals surface area contributed by atoms with Crippen LogP contribution in [0.25, 0.3) is 0 Å². The Bertz CT molecular complexity index is 1280. The zero-order valence-electron chi connectivity index (χ0n) is 21.2. The van der Waals surface area contributed by atoms with Crippen LogP contribution in [0, 0.1) is 11.3 Å². The summed E-state index contributed by atoms with van der Waals surface area (Å²) in [7, 11) is 0. The molecule has 2 heterocycles. The molecule has 0 unspecified atom stereocenters. The number of carbonyl (C=O) groups is 1. The van der Waals surface area contributed by atoms with Gasteiger partial charge in [0.15, 0.2) is 0 Å². The molecule has 0 aromatic heterocycles. The minimum atomic E-state index is -0.186. The van der Waals surface area contributed by atoms with Gasteiger partial charge in [-0.3, -0.25) is 9.69 Å². The van der Waals surface area contributed by atoms with Gasteiger partial charge in [-0.15, -0.1) is 0 Å². The van der Waals surface area contributed by atoms with Crippen LogP contribution in [0.1, 0.15) is 23.1 Å². The molecule has 3 aromatic carbocycles. The number of amides is 1. The van der Waals surface area contributed by atoms with Crippen LogP contribution in [0.2, 0.25) is 10.0 Å². The van der Waals surface area contributed by atoms with E-state index in [4.69, 9.17) is 23.2 Å². The smallest absolute Gasteiger partial charge is 0.240 e. The zero-order chi connectivity index (χ0) is 26.5. The Morgan fingerprint density at radius 3 is 2.32 bits per heavy atom.